The number of para-hydroxylation sites is 2. The Morgan fingerprint density at radius 3 is 2.62 bits per heavy atom. The number of carbonyl (C=O) groups is 1. The molecule has 0 spiro atoms. The molecule has 1 atom stereocenters. The van der Waals surface area contributed by atoms with Gasteiger partial charge in [0.2, 0.25) is 5.43 Å². The Labute approximate surface area is 201 Å². The Hall–Kier alpha value is -3.56. The number of benzene rings is 2. The Morgan fingerprint density at radius 2 is 1.91 bits per heavy atom. The summed E-state index contributed by atoms with van der Waals surface area (Å²) in [6.45, 7) is 3.68. The maximum Gasteiger partial charge on any atom is 0.294 e. The summed E-state index contributed by atoms with van der Waals surface area (Å²) in [6, 6.07) is 14.7. The van der Waals surface area contributed by atoms with E-state index in [1.807, 2.05) is 18.2 Å². The Bertz CT molecular complexity index is 1290. The van der Waals surface area contributed by atoms with E-state index >= 15 is 0 Å². The van der Waals surface area contributed by atoms with Gasteiger partial charge < -0.3 is 5.32 Å². The largest absolute Gasteiger partial charge is 0.349 e. The quantitative estimate of drug-likeness (QED) is 0.407. The summed E-state index contributed by atoms with van der Waals surface area (Å²) < 4.78 is 1.25. The highest BCUT2D eigenvalue weighted by Gasteiger charge is 2.26. The van der Waals surface area contributed by atoms with Crippen LogP contribution in [0.3, 0.4) is 0 Å². The van der Waals surface area contributed by atoms with Crippen molar-refractivity contribution in [2.75, 3.05) is 19.6 Å². The van der Waals surface area contributed by atoms with E-state index in [0.717, 1.165) is 31.5 Å². The molecule has 1 N–H and O–H groups in total. The number of carbonyl (C=O) groups excluding carboxylic acids is 1. The molecule has 1 aliphatic rings. The molecule has 34 heavy (non-hydrogen) atoms. The molecule has 1 saturated heterocycles. The van der Waals surface area contributed by atoms with Gasteiger partial charge in [0.15, 0.2) is 5.69 Å². The Balaban J connectivity index is 1.62. The lowest BCUT2D eigenvalue weighted by molar-refractivity contribution is -0.384. The van der Waals surface area contributed by atoms with Gasteiger partial charge in [-0.15, -0.1) is 0 Å². The lowest BCUT2D eigenvalue weighted by Gasteiger charge is -2.28. The number of rotatable bonds is 7. The van der Waals surface area contributed by atoms with Gasteiger partial charge in [0, 0.05) is 29.4 Å². The first-order chi connectivity index (χ1) is 16.3. The van der Waals surface area contributed by atoms with Crippen molar-refractivity contribution in [1.82, 2.24) is 20.0 Å². The van der Waals surface area contributed by atoms with Gasteiger partial charge in [0.25, 0.3) is 11.6 Å². The fourth-order valence-corrected chi connectivity index (χ4v) is 4.44. The fourth-order valence-electron chi connectivity index (χ4n) is 4.24. The van der Waals surface area contributed by atoms with Crippen LogP contribution < -0.4 is 10.7 Å². The average molecular weight is 482 g/mol. The number of aryl methyl sites for hydroxylation is 1. The molecule has 0 aliphatic carbocycles. The minimum atomic E-state index is -0.636. The van der Waals surface area contributed by atoms with Gasteiger partial charge in [0.1, 0.15) is 5.69 Å². The van der Waals surface area contributed by atoms with Crippen LogP contribution >= 0.6 is 11.6 Å². The molecule has 0 saturated carbocycles. The number of nitrogens with one attached hydrogen (secondary N) is 1. The second-order valence-corrected chi connectivity index (χ2v) is 8.62. The molecular weight excluding hydrogens is 458 g/mol. The van der Waals surface area contributed by atoms with Gasteiger partial charge in [-0.2, -0.15) is 5.10 Å². The Morgan fingerprint density at radius 1 is 1.18 bits per heavy atom. The molecule has 2 aromatic carbocycles. The number of nitrogens with zero attached hydrogens (tertiary/aromatic N) is 4. The number of halogens is 1. The molecule has 1 aliphatic heterocycles. The fraction of sp³-hybridized carbons (Fsp3) is 0.292. The highest BCUT2D eigenvalue weighted by atomic mass is 35.5. The van der Waals surface area contributed by atoms with Crippen LogP contribution in [0.15, 0.2) is 59.4 Å². The third-order valence-electron chi connectivity index (χ3n) is 5.90. The van der Waals surface area contributed by atoms with Crippen molar-refractivity contribution in [3.63, 3.8) is 0 Å². The standard InChI is InChI=1S/C24H24ClN5O4/c1-16-13-22(31)23(27-29(16)19-9-2-3-10-20(19)30(33)34)24(32)26-15-21(28-11-4-5-12-28)17-7-6-8-18(25)14-17/h2-3,6-10,13-14,21H,4-5,11-12,15H2,1H3,(H,26,32). The van der Waals surface area contributed by atoms with Crippen LogP contribution in [0.2, 0.25) is 5.02 Å². The number of amides is 1. The van der Waals surface area contributed by atoms with E-state index in [1.54, 1.807) is 25.1 Å². The van der Waals surface area contributed by atoms with Gasteiger partial charge in [-0.3, -0.25) is 24.6 Å². The molecule has 2 heterocycles. The van der Waals surface area contributed by atoms with E-state index in [1.165, 1.54) is 22.9 Å². The van der Waals surface area contributed by atoms with Crippen LogP contribution in [-0.4, -0.2) is 45.1 Å². The van der Waals surface area contributed by atoms with Gasteiger partial charge >= 0.3 is 0 Å². The van der Waals surface area contributed by atoms with E-state index in [0.29, 0.717) is 10.7 Å². The van der Waals surface area contributed by atoms with Gasteiger partial charge in [-0.25, -0.2) is 4.68 Å². The molecule has 176 valence electrons. The van der Waals surface area contributed by atoms with Crippen LogP contribution in [0.25, 0.3) is 5.69 Å². The third kappa shape index (κ3) is 5.00. The van der Waals surface area contributed by atoms with E-state index in [-0.39, 0.29) is 29.7 Å². The van der Waals surface area contributed by atoms with Crippen molar-refractivity contribution in [3.05, 3.63) is 96.9 Å². The number of hydrogen-bond acceptors (Lipinski definition) is 6. The summed E-state index contributed by atoms with van der Waals surface area (Å²) in [6.07, 6.45) is 2.15. The van der Waals surface area contributed by atoms with Crippen LogP contribution in [0.1, 0.15) is 40.6 Å². The van der Waals surface area contributed by atoms with E-state index in [4.69, 9.17) is 11.6 Å². The molecule has 1 aromatic heterocycles. The zero-order valence-corrected chi connectivity index (χ0v) is 19.4. The molecular formula is C24H24ClN5O4. The topological polar surface area (TPSA) is 110 Å². The summed E-state index contributed by atoms with van der Waals surface area (Å²) in [4.78, 5) is 38.8. The van der Waals surface area contributed by atoms with E-state index in [2.05, 4.69) is 15.3 Å². The average Bonchev–Trinajstić information content (AvgIpc) is 3.34. The van der Waals surface area contributed by atoms with Crippen molar-refractivity contribution in [3.8, 4) is 5.69 Å². The summed E-state index contributed by atoms with van der Waals surface area (Å²) in [5.41, 5.74) is 0.477. The van der Waals surface area contributed by atoms with Crippen molar-refractivity contribution in [2.24, 2.45) is 0 Å². The summed E-state index contributed by atoms with van der Waals surface area (Å²) in [7, 11) is 0. The SMILES string of the molecule is Cc1cc(=O)c(C(=O)NCC(c2cccc(Cl)c2)N2CCCC2)nn1-c1ccccc1[N+](=O)[O-]. The molecule has 1 unspecified atom stereocenters. The van der Waals surface area contributed by atoms with Crippen LogP contribution in [0.4, 0.5) is 5.69 Å². The van der Waals surface area contributed by atoms with Crippen molar-refractivity contribution in [2.45, 2.75) is 25.8 Å². The van der Waals surface area contributed by atoms with E-state index < -0.39 is 16.3 Å². The molecule has 1 amide bonds. The predicted octanol–water partition coefficient (Wildman–Crippen LogP) is 3.67. The number of nitro benzene ring substituents is 1. The minimum Gasteiger partial charge on any atom is -0.349 e. The smallest absolute Gasteiger partial charge is 0.294 e. The predicted molar refractivity (Wildman–Crippen MR) is 129 cm³/mol. The second-order valence-electron chi connectivity index (χ2n) is 8.18. The zero-order chi connectivity index (χ0) is 24.2. The Kier molecular flexibility index (Phi) is 7.04. The van der Waals surface area contributed by atoms with Crippen molar-refractivity contribution >= 4 is 23.2 Å². The lowest BCUT2D eigenvalue weighted by Crippen LogP contribution is -2.39. The normalized spacial score (nSPS) is 14.6. The highest BCUT2D eigenvalue weighted by molar-refractivity contribution is 6.30. The maximum absolute atomic E-state index is 13.0. The third-order valence-corrected chi connectivity index (χ3v) is 6.14. The number of nitro groups is 1. The molecule has 10 heteroatoms. The molecule has 3 aromatic rings. The lowest BCUT2D eigenvalue weighted by atomic mass is 10.1. The van der Waals surface area contributed by atoms with Gasteiger partial charge in [-0.05, 0) is 56.6 Å². The van der Waals surface area contributed by atoms with Crippen LogP contribution in [-0.2, 0) is 0 Å². The van der Waals surface area contributed by atoms with Crippen molar-refractivity contribution < 1.29 is 9.72 Å². The van der Waals surface area contributed by atoms with Crippen LogP contribution in [0, 0.1) is 17.0 Å². The molecule has 0 radical (unpaired) electrons. The van der Waals surface area contributed by atoms with Crippen LogP contribution in [0.5, 0.6) is 0 Å². The molecule has 9 nitrogen and oxygen atoms in total. The second kappa shape index (κ2) is 10.1. The number of hydrogen-bond donors (Lipinski definition) is 1. The van der Waals surface area contributed by atoms with Crippen molar-refractivity contribution in [1.29, 1.82) is 0 Å². The molecule has 4 rings (SSSR count). The first-order valence-corrected chi connectivity index (χ1v) is 11.4. The highest BCUT2D eigenvalue weighted by Crippen LogP contribution is 2.27. The first kappa shape index (κ1) is 23.6. The summed E-state index contributed by atoms with van der Waals surface area (Å²) in [5, 5.41) is 19.1. The van der Waals surface area contributed by atoms with E-state index in [9.17, 15) is 19.7 Å². The summed E-state index contributed by atoms with van der Waals surface area (Å²) >= 11 is 6.19. The van der Waals surface area contributed by atoms with Gasteiger partial charge in [0.05, 0.1) is 11.0 Å². The number of likely N-dealkylation sites (tertiary alicyclic amines) is 1. The minimum absolute atomic E-state index is 0.104. The maximum atomic E-state index is 13.0. The molecule has 0 bridgehead atoms. The first-order valence-electron chi connectivity index (χ1n) is 11.0. The zero-order valence-electron chi connectivity index (χ0n) is 18.6. The monoisotopic (exact) mass is 481 g/mol. The van der Waals surface area contributed by atoms with Gasteiger partial charge in [-0.1, -0.05) is 35.9 Å². The summed E-state index contributed by atoms with van der Waals surface area (Å²) in [5.74, 6) is -0.636. The number of aromatic nitrogens is 2. The molecule has 1 fully saturated rings.